The van der Waals surface area contributed by atoms with E-state index in [9.17, 15) is 9.90 Å². The zero-order valence-corrected chi connectivity index (χ0v) is 10.1. The highest BCUT2D eigenvalue weighted by atomic mass is 16.3. The maximum absolute atomic E-state index is 11.6. The molecule has 0 saturated heterocycles. The highest BCUT2D eigenvalue weighted by Gasteiger charge is 2.09. The lowest BCUT2D eigenvalue weighted by molar-refractivity contribution is -0.117. The summed E-state index contributed by atoms with van der Waals surface area (Å²) < 4.78 is 0. The van der Waals surface area contributed by atoms with Gasteiger partial charge < -0.3 is 10.4 Å². The number of aromatic hydroxyl groups is 1. The molecule has 0 aromatic heterocycles. The lowest BCUT2D eigenvalue weighted by Gasteiger charge is -2.10. The molecule has 1 rings (SSSR count). The molecule has 16 heavy (non-hydrogen) atoms. The van der Waals surface area contributed by atoms with Crippen molar-refractivity contribution in [2.24, 2.45) is 5.92 Å². The summed E-state index contributed by atoms with van der Waals surface area (Å²) in [4.78, 5) is 11.6. The Morgan fingerprint density at radius 2 is 2.19 bits per heavy atom. The van der Waals surface area contributed by atoms with Crippen LogP contribution in [0.2, 0.25) is 0 Å². The fourth-order valence-corrected chi connectivity index (χ4v) is 1.41. The van der Waals surface area contributed by atoms with Crippen molar-refractivity contribution >= 4 is 11.6 Å². The third-order valence-electron chi connectivity index (χ3n) is 2.66. The first-order valence-corrected chi connectivity index (χ1v) is 5.62. The van der Waals surface area contributed by atoms with Crippen molar-refractivity contribution in [2.45, 2.75) is 33.6 Å². The summed E-state index contributed by atoms with van der Waals surface area (Å²) in [6.45, 7) is 5.99. The normalized spacial score (nSPS) is 12.2. The molecule has 0 radical (unpaired) electrons. The Kier molecular flexibility index (Phi) is 4.35. The van der Waals surface area contributed by atoms with Crippen LogP contribution in [0.25, 0.3) is 0 Å². The average Bonchev–Trinajstić information content (AvgIpc) is 2.22. The number of carbonyl (C=O) groups excluding carboxylic acids is 1. The number of nitrogens with one attached hydrogen (secondary N) is 1. The Labute approximate surface area is 96.5 Å². The van der Waals surface area contributed by atoms with E-state index in [0.717, 1.165) is 12.0 Å². The van der Waals surface area contributed by atoms with E-state index < -0.39 is 0 Å². The first-order chi connectivity index (χ1) is 7.52. The second kappa shape index (κ2) is 5.54. The summed E-state index contributed by atoms with van der Waals surface area (Å²) in [5.74, 6) is 0.443. The largest absolute Gasteiger partial charge is 0.506 e. The van der Waals surface area contributed by atoms with E-state index in [4.69, 9.17) is 0 Å². The molecule has 0 fully saturated rings. The minimum Gasteiger partial charge on any atom is -0.506 e. The van der Waals surface area contributed by atoms with Gasteiger partial charge in [-0.15, -0.1) is 0 Å². The molecule has 0 bridgehead atoms. The van der Waals surface area contributed by atoms with Crippen molar-refractivity contribution in [2.75, 3.05) is 5.32 Å². The maximum atomic E-state index is 11.6. The van der Waals surface area contributed by atoms with Crippen molar-refractivity contribution in [1.29, 1.82) is 0 Å². The topological polar surface area (TPSA) is 49.3 Å². The van der Waals surface area contributed by atoms with Gasteiger partial charge in [0, 0.05) is 6.42 Å². The van der Waals surface area contributed by atoms with Gasteiger partial charge in [0.05, 0.1) is 5.69 Å². The Morgan fingerprint density at radius 3 is 2.75 bits per heavy atom. The number of anilines is 1. The fourth-order valence-electron chi connectivity index (χ4n) is 1.41. The zero-order chi connectivity index (χ0) is 12.1. The number of hydrogen-bond donors (Lipinski definition) is 2. The smallest absolute Gasteiger partial charge is 0.224 e. The van der Waals surface area contributed by atoms with E-state index >= 15 is 0 Å². The maximum Gasteiger partial charge on any atom is 0.224 e. The van der Waals surface area contributed by atoms with Crippen LogP contribution in [0.15, 0.2) is 18.2 Å². The van der Waals surface area contributed by atoms with E-state index in [1.165, 1.54) is 0 Å². The monoisotopic (exact) mass is 221 g/mol. The molecule has 88 valence electrons. The van der Waals surface area contributed by atoms with Crippen LogP contribution in [0.5, 0.6) is 5.75 Å². The van der Waals surface area contributed by atoms with Crippen LogP contribution in [0, 0.1) is 12.8 Å². The summed E-state index contributed by atoms with van der Waals surface area (Å²) in [5.41, 5.74) is 1.45. The van der Waals surface area contributed by atoms with Gasteiger partial charge in [0.1, 0.15) is 5.75 Å². The SMILES string of the molecule is CCC(C)CC(=O)Nc1ccc(C)cc1O. The van der Waals surface area contributed by atoms with Gasteiger partial charge in [0.15, 0.2) is 0 Å². The molecule has 3 heteroatoms. The van der Waals surface area contributed by atoms with Crippen LogP contribution < -0.4 is 5.32 Å². The van der Waals surface area contributed by atoms with Crippen LogP contribution in [0.4, 0.5) is 5.69 Å². The number of amides is 1. The second-order valence-corrected chi connectivity index (χ2v) is 4.29. The van der Waals surface area contributed by atoms with Crippen molar-refractivity contribution < 1.29 is 9.90 Å². The molecule has 0 heterocycles. The van der Waals surface area contributed by atoms with Gasteiger partial charge in [-0.25, -0.2) is 0 Å². The molecule has 1 unspecified atom stereocenters. The number of carbonyl (C=O) groups is 1. The number of phenolic OH excluding ortho intramolecular Hbond substituents is 1. The van der Waals surface area contributed by atoms with Gasteiger partial charge in [-0.2, -0.15) is 0 Å². The quantitative estimate of drug-likeness (QED) is 0.768. The van der Waals surface area contributed by atoms with Gasteiger partial charge in [0.25, 0.3) is 0 Å². The van der Waals surface area contributed by atoms with Crippen LogP contribution in [-0.2, 0) is 4.79 Å². The highest BCUT2D eigenvalue weighted by molar-refractivity contribution is 5.92. The number of aryl methyl sites for hydroxylation is 1. The van der Waals surface area contributed by atoms with Gasteiger partial charge in [-0.1, -0.05) is 26.3 Å². The van der Waals surface area contributed by atoms with Gasteiger partial charge >= 0.3 is 0 Å². The molecular formula is C13H19NO2. The number of hydrogen-bond acceptors (Lipinski definition) is 2. The van der Waals surface area contributed by atoms with Gasteiger partial charge in [0.2, 0.25) is 5.91 Å². The molecule has 0 aliphatic carbocycles. The highest BCUT2D eigenvalue weighted by Crippen LogP contribution is 2.24. The fraction of sp³-hybridized carbons (Fsp3) is 0.462. The lowest BCUT2D eigenvalue weighted by Crippen LogP contribution is -2.14. The van der Waals surface area contributed by atoms with Crippen molar-refractivity contribution in [3.63, 3.8) is 0 Å². The predicted octanol–water partition coefficient (Wildman–Crippen LogP) is 3.08. The number of phenols is 1. The van der Waals surface area contributed by atoms with Crippen LogP contribution >= 0.6 is 0 Å². The molecule has 1 atom stereocenters. The van der Waals surface area contributed by atoms with Crippen LogP contribution in [0.1, 0.15) is 32.3 Å². The van der Waals surface area contributed by atoms with E-state index in [-0.39, 0.29) is 11.7 Å². The lowest BCUT2D eigenvalue weighted by atomic mass is 10.0. The number of benzene rings is 1. The molecule has 0 saturated carbocycles. The van der Waals surface area contributed by atoms with E-state index in [0.29, 0.717) is 18.0 Å². The van der Waals surface area contributed by atoms with Crippen molar-refractivity contribution in [3.05, 3.63) is 23.8 Å². The summed E-state index contributed by atoms with van der Waals surface area (Å²) in [6.07, 6.45) is 1.47. The molecule has 1 aromatic carbocycles. The third-order valence-corrected chi connectivity index (χ3v) is 2.66. The summed E-state index contributed by atoms with van der Waals surface area (Å²) in [7, 11) is 0. The zero-order valence-electron chi connectivity index (χ0n) is 10.1. The van der Waals surface area contributed by atoms with E-state index in [2.05, 4.69) is 12.2 Å². The van der Waals surface area contributed by atoms with Crippen molar-refractivity contribution in [3.8, 4) is 5.75 Å². The first kappa shape index (κ1) is 12.6. The molecular weight excluding hydrogens is 202 g/mol. The molecule has 2 N–H and O–H groups in total. The Hall–Kier alpha value is -1.51. The van der Waals surface area contributed by atoms with Crippen LogP contribution in [-0.4, -0.2) is 11.0 Å². The Morgan fingerprint density at radius 1 is 1.50 bits per heavy atom. The van der Waals surface area contributed by atoms with Gasteiger partial charge in [-0.3, -0.25) is 4.79 Å². The van der Waals surface area contributed by atoms with Gasteiger partial charge in [-0.05, 0) is 30.5 Å². The molecule has 3 nitrogen and oxygen atoms in total. The third kappa shape index (κ3) is 3.57. The Bertz CT molecular complexity index is 374. The van der Waals surface area contributed by atoms with E-state index in [1.54, 1.807) is 12.1 Å². The van der Waals surface area contributed by atoms with E-state index in [1.807, 2.05) is 19.9 Å². The predicted molar refractivity (Wildman–Crippen MR) is 65.5 cm³/mol. The molecule has 0 aliphatic heterocycles. The standard InChI is InChI=1S/C13H19NO2/c1-4-9(2)8-13(16)14-11-6-5-10(3)7-12(11)15/h5-7,9,15H,4,8H2,1-3H3,(H,14,16). The minimum absolute atomic E-state index is 0.0477. The van der Waals surface area contributed by atoms with Crippen LogP contribution in [0.3, 0.4) is 0 Å². The second-order valence-electron chi connectivity index (χ2n) is 4.29. The summed E-state index contributed by atoms with van der Waals surface area (Å²) in [5, 5.41) is 12.3. The van der Waals surface area contributed by atoms with Crippen molar-refractivity contribution in [1.82, 2.24) is 0 Å². The minimum atomic E-state index is -0.0477. The molecule has 0 aliphatic rings. The Balaban J connectivity index is 2.63. The first-order valence-electron chi connectivity index (χ1n) is 5.62. The average molecular weight is 221 g/mol. The molecule has 1 aromatic rings. The molecule has 1 amide bonds. The summed E-state index contributed by atoms with van der Waals surface area (Å²) >= 11 is 0. The number of rotatable bonds is 4. The molecule has 0 spiro atoms. The summed E-state index contributed by atoms with van der Waals surface area (Å²) in [6, 6.07) is 5.22.